The molecule has 2 heterocycles. The van der Waals surface area contributed by atoms with Crippen LogP contribution < -0.4 is 5.32 Å². The Hall–Kier alpha value is -1.69. The molecule has 2 aromatic rings. The number of amides is 1. The van der Waals surface area contributed by atoms with Gasteiger partial charge in [0.2, 0.25) is 0 Å². The van der Waals surface area contributed by atoms with Gasteiger partial charge in [0.15, 0.2) is 0 Å². The summed E-state index contributed by atoms with van der Waals surface area (Å²) in [6.07, 6.45) is 4.74. The van der Waals surface area contributed by atoms with Crippen molar-refractivity contribution in [2.75, 3.05) is 32.8 Å². The molecule has 26 heavy (non-hydrogen) atoms. The Morgan fingerprint density at radius 1 is 1.15 bits per heavy atom. The summed E-state index contributed by atoms with van der Waals surface area (Å²) in [5, 5.41) is 5.28. The highest BCUT2D eigenvalue weighted by molar-refractivity contribution is 7.10. The van der Waals surface area contributed by atoms with Gasteiger partial charge in [0, 0.05) is 30.1 Å². The predicted octanol–water partition coefficient (Wildman–Crippen LogP) is 3.43. The van der Waals surface area contributed by atoms with Gasteiger partial charge < -0.3 is 10.1 Å². The third-order valence-corrected chi connectivity index (χ3v) is 6.40. The SMILES string of the molecule is O=C(NCC(c1cccs1)N1CCOCC1)c1ccc2c(c1)CCCC2. The molecular weight excluding hydrogens is 344 g/mol. The van der Waals surface area contributed by atoms with E-state index in [2.05, 4.69) is 39.9 Å². The number of morpholine rings is 1. The number of ether oxygens (including phenoxy) is 1. The molecule has 0 spiro atoms. The Labute approximate surface area is 159 Å². The minimum absolute atomic E-state index is 0.0354. The zero-order valence-corrected chi connectivity index (χ0v) is 15.9. The lowest BCUT2D eigenvalue weighted by Crippen LogP contribution is -2.43. The average molecular weight is 371 g/mol. The zero-order chi connectivity index (χ0) is 17.8. The van der Waals surface area contributed by atoms with Crippen molar-refractivity contribution < 1.29 is 9.53 Å². The number of fused-ring (bicyclic) bond motifs is 1. The van der Waals surface area contributed by atoms with Crippen LogP contribution in [0.1, 0.15) is 45.2 Å². The first-order chi connectivity index (χ1) is 12.8. The molecule has 1 fully saturated rings. The number of hydrogen-bond donors (Lipinski definition) is 1. The van der Waals surface area contributed by atoms with Crippen LogP contribution >= 0.6 is 11.3 Å². The summed E-state index contributed by atoms with van der Waals surface area (Å²) >= 11 is 1.76. The summed E-state index contributed by atoms with van der Waals surface area (Å²) in [7, 11) is 0. The molecule has 0 bridgehead atoms. The van der Waals surface area contributed by atoms with E-state index in [1.165, 1.54) is 28.8 Å². The second-order valence-electron chi connectivity index (χ2n) is 7.08. The van der Waals surface area contributed by atoms with E-state index < -0.39 is 0 Å². The largest absolute Gasteiger partial charge is 0.379 e. The molecule has 4 nitrogen and oxygen atoms in total. The maximum absolute atomic E-state index is 12.7. The molecule has 0 radical (unpaired) electrons. The molecule has 0 saturated carbocycles. The number of nitrogens with one attached hydrogen (secondary N) is 1. The van der Waals surface area contributed by atoms with Crippen molar-refractivity contribution >= 4 is 17.2 Å². The number of nitrogens with zero attached hydrogens (tertiary/aromatic N) is 1. The van der Waals surface area contributed by atoms with Gasteiger partial charge in [0.25, 0.3) is 5.91 Å². The van der Waals surface area contributed by atoms with Crippen LogP contribution in [-0.4, -0.2) is 43.7 Å². The van der Waals surface area contributed by atoms with E-state index in [-0.39, 0.29) is 11.9 Å². The first-order valence-corrected chi connectivity index (χ1v) is 10.4. The Kier molecular flexibility index (Phi) is 5.68. The minimum atomic E-state index is 0.0354. The lowest BCUT2D eigenvalue weighted by molar-refractivity contribution is 0.0169. The number of thiophene rings is 1. The number of aryl methyl sites for hydroxylation is 2. The quantitative estimate of drug-likeness (QED) is 0.877. The van der Waals surface area contributed by atoms with Crippen LogP contribution in [0.3, 0.4) is 0 Å². The van der Waals surface area contributed by atoms with E-state index in [0.29, 0.717) is 6.54 Å². The smallest absolute Gasteiger partial charge is 0.251 e. The summed E-state index contributed by atoms with van der Waals surface area (Å²) in [5.41, 5.74) is 3.56. The fourth-order valence-corrected chi connectivity index (χ4v) is 4.81. The molecule has 1 unspecified atom stereocenters. The van der Waals surface area contributed by atoms with Crippen LogP contribution in [-0.2, 0) is 17.6 Å². The minimum Gasteiger partial charge on any atom is -0.379 e. The van der Waals surface area contributed by atoms with Gasteiger partial charge in [0.1, 0.15) is 0 Å². The number of benzene rings is 1. The molecule has 1 aromatic carbocycles. The standard InChI is InChI=1S/C21H26N2O2S/c24-21(18-8-7-16-4-1-2-5-17(16)14-18)22-15-19(20-6-3-13-26-20)23-9-11-25-12-10-23/h3,6-8,13-14,19H,1-2,4-5,9-12,15H2,(H,22,24). The molecule has 138 valence electrons. The first-order valence-electron chi connectivity index (χ1n) is 9.56. The van der Waals surface area contributed by atoms with Crippen LogP contribution in [0.2, 0.25) is 0 Å². The third-order valence-electron chi connectivity index (χ3n) is 5.42. The Bertz CT molecular complexity index is 738. The van der Waals surface area contributed by atoms with Crippen molar-refractivity contribution in [1.82, 2.24) is 10.2 Å². The normalized spacial score (nSPS) is 18.9. The van der Waals surface area contributed by atoms with Crippen molar-refractivity contribution in [2.24, 2.45) is 0 Å². The highest BCUT2D eigenvalue weighted by Crippen LogP contribution is 2.26. The molecule has 1 aliphatic heterocycles. The lowest BCUT2D eigenvalue weighted by atomic mass is 9.90. The zero-order valence-electron chi connectivity index (χ0n) is 15.1. The van der Waals surface area contributed by atoms with Crippen molar-refractivity contribution in [3.05, 3.63) is 57.3 Å². The van der Waals surface area contributed by atoms with Gasteiger partial charge in [-0.15, -0.1) is 11.3 Å². The summed E-state index contributed by atoms with van der Waals surface area (Å²) in [6, 6.07) is 10.7. The highest BCUT2D eigenvalue weighted by atomic mass is 32.1. The van der Waals surface area contributed by atoms with E-state index in [9.17, 15) is 4.79 Å². The van der Waals surface area contributed by atoms with E-state index in [0.717, 1.165) is 44.7 Å². The van der Waals surface area contributed by atoms with Crippen molar-refractivity contribution in [1.29, 1.82) is 0 Å². The van der Waals surface area contributed by atoms with Crippen LogP contribution in [0.4, 0.5) is 0 Å². The molecule has 1 aliphatic carbocycles. The summed E-state index contributed by atoms with van der Waals surface area (Å²) < 4.78 is 5.49. The van der Waals surface area contributed by atoms with Crippen LogP contribution in [0.25, 0.3) is 0 Å². The Morgan fingerprint density at radius 3 is 2.73 bits per heavy atom. The van der Waals surface area contributed by atoms with Gasteiger partial charge in [-0.3, -0.25) is 9.69 Å². The molecule has 1 saturated heterocycles. The van der Waals surface area contributed by atoms with Gasteiger partial charge in [-0.2, -0.15) is 0 Å². The van der Waals surface area contributed by atoms with E-state index in [4.69, 9.17) is 4.74 Å². The molecule has 1 aromatic heterocycles. The lowest BCUT2D eigenvalue weighted by Gasteiger charge is -2.34. The van der Waals surface area contributed by atoms with E-state index in [1.54, 1.807) is 11.3 Å². The summed E-state index contributed by atoms with van der Waals surface area (Å²) in [6.45, 7) is 3.99. The van der Waals surface area contributed by atoms with Crippen molar-refractivity contribution in [2.45, 2.75) is 31.7 Å². The number of hydrogen-bond acceptors (Lipinski definition) is 4. The van der Waals surface area contributed by atoms with Gasteiger partial charge in [-0.1, -0.05) is 12.1 Å². The second-order valence-corrected chi connectivity index (χ2v) is 8.06. The van der Waals surface area contributed by atoms with E-state index >= 15 is 0 Å². The monoisotopic (exact) mass is 370 g/mol. The fourth-order valence-electron chi connectivity index (χ4n) is 3.95. The number of carbonyl (C=O) groups excluding carboxylic acids is 1. The molecule has 1 atom stereocenters. The maximum atomic E-state index is 12.7. The fraction of sp³-hybridized carbons (Fsp3) is 0.476. The van der Waals surface area contributed by atoms with Gasteiger partial charge >= 0.3 is 0 Å². The van der Waals surface area contributed by atoms with Crippen LogP contribution in [0.15, 0.2) is 35.7 Å². The topological polar surface area (TPSA) is 41.6 Å². The Morgan fingerprint density at radius 2 is 1.96 bits per heavy atom. The summed E-state index contributed by atoms with van der Waals surface area (Å²) in [4.78, 5) is 16.5. The number of carbonyl (C=O) groups is 1. The maximum Gasteiger partial charge on any atom is 0.251 e. The van der Waals surface area contributed by atoms with Gasteiger partial charge in [-0.25, -0.2) is 0 Å². The molecule has 5 heteroatoms. The first kappa shape index (κ1) is 17.7. The van der Waals surface area contributed by atoms with Crippen LogP contribution in [0.5, 0.6) is 0 Å². The van der Waals surface area contributed by atoms with Crippen LogP contribution in [0, 0.1) is 0 Å². The molecule has 4 rings (SSSR count). The Balaban J connectivity index is 1.44. The predicted molar refractivity (Wildman–Crippen MR) is 105 cm³/mol. The summed E-state index contributed by atoms with van der Waals surface area (Å²) in [5.74, 6) is 0.0354. The van der Waals surface area contributed by atoms with Crippen molar-refractivity contribution in [3.63, 3.8) is 0 Å². The highest BCUT2D eigenvalue weighted by Gasteiger charge is 2.24. The van der Waals surface area contributed by atoms with Crippen molar-refractivity contribution in [3.8, 4) is 0 Å². The second kappa shape index (κ2) is 8.33. The van der Waals surface area contributed by atoms with Gasteiger partial charge in [0.05, 0.1) is 19.3 Å². The van der Waals surface area contributed by atoms with E-state index in [1.807, 2.05) is 6.07 Å². The molecule has 2 aliphatic rings. The average Bonchev–Trinajstić information content (AvgIpc) is 3.23. The van der Waals surface area contributed by atoms with Gasteiger partial charge in [-0.05, 0) is 60.4 Å². The number of rotatable bonds is 5. The third kappa shape index (κ3) is 4.00. The molecule has 1 amide bonds. The molecular formula is C21H26N2O2S. The molecule has 1 N–H and O–H groups in total.